The SMILES string of the molecule is CCCn1ncc(C#N)c1F. The van der Waals surface area contributed by atoms with Crippen LogP contribution in [0.5, 0.6) is 0 Å². The van der Waals surface area contributed by atoms with E-state index in [0.717, 1.165) is 6.42 Å². The summed E-state index contributed by atoms with van der Waals surface area (Å²) >= 11 is 0. The summed E-state index contributed by atoms with van der Waals surface area (Å²) in [6.45, 7) is 2.45. The Morgan fingerprint density at radius 2 is 2.55 bits per heavy atom. The summed E-state index contributed by atoms with van der Waals surface area (Å²) in [6.07, 6.45) is 2.05. The number of nitrogens with zero attached hydrogens (tertiary/aromatic N) is 3. The van der Waals surface area contributed by atoms with E-state index in [1.807, 2.05) is 6.92 Å². The third-order valence-corrected chi connectivity index (χ3v) is 1.33. The third kappa shape index (κ3) is 1.37. The number of hydrogen-bond acceptors (Lipinski definition) is 2. The molecule has 0 radical (unpaired) electrons. The molecule has 11 heavy (non-hydrogen) atoms. The number of aromatic nitrogens is 2. The van der Waals surface area contributed by atoms with Crippen LogP contribution in [0.1, 0.15) is 18.9 Å². The average Bonchev–Trinajstić information content (AvgIpc) is 2.34. The second kappa shape index (κ2) is 3.15. The Bertz CT molecular complexity index is 284. The second-order valence-corrected chi connectivity index (χ2v) is 2.18. The summed E-state index contributed by atoms with van der Waals surface area (Å²) in [5, 5.41) is 12.1. The topological polar surface area (TPSA) is 41.6 Å². The fourth-order valence-electron chi connectivity index (χ4n) is 0.813. The molecule has 0 N–H and O–H groups in total. The first kappa shape index (κ1) is 7.73. The van der Waals surface area contributed by atoms with E-state index in [4.69, 9.17) is 5.26 Å². The number of rotatable bonds is 2. The molecule has 1 aromatic heterocycles. The molecule has 0 spiro atoms. The zero-order valence-corrected chi connectivity index (χ0v) is 6.21. The lowest BCUT2D eigenvalue weighted by Crippen LogP contribution is -2.01. The molecule has 0 aliphatic carbocycles. The Hall–Kier alpha value is -1.37. The number of halogens is 1. The quantitative estimate of drug-likeness (QED) is 0.642. The highest BCUT2D eigenvalue weighted by molar-refractivity contribution is 5.23. The molecule has 4 heteroatoms. The van der Waals surface area contributed by atoms with E-state index in [-0.39, 0.29) is 5.56 Å². The summed E-state index contributed by atoms with van der Waals surface area (Å²) in [7, 11) is 0. The van der Waals surface area contributed by atoms with Gasteiger partial charge in [0.2, 0.25) is 5.95 Å². The van der Waals surface area contributed by atoms with E-state index in [1.165, 1.54) is 10.9 Å². The average molecular weight is 153 g/mol. The van der Waals surface area contributed by atoms with Crippen LogP contribution in [-0.2, 0) is 6.54 Å². The van der Waals surface area contributed by atoms with Gasteiger partial charge >= 0.3 is 0 Å². The highest BCUT2D eigenvalue weighted by atomic mass is 19.1. The lowest BCUT2D eigenvalue weighted by atomic mass is 10.4. The van der Waals surface area contributed by atoms with E-state index in [1.54, 1.807) is 6.07 Å². The van der Waals surface area contributed by atoms with Crippen molar-refractivity contribution in [2.75, 3.05) is 0 Å². The monoisotopic (exact) mass is 153 g/mol. The molecule has 3 nitrogen and oxygen atoms in total. The van der Waals surface area contributed by atoms with Crippen molar-refractivity contribution in [3.05, 3.63) is 17.7 Å². The fraction of sp³-hybridized carbons (Fsp3) is 0.429. The summed E-state index contributed by atoms with van der Waals surface area (Å²) < 4.78 is 14.1. The van der Waals surface area contributed by atoms with Crippen LogP contribution in [0.4, 0.5) is 4.39 Å². The van der Waals surface area contributed by atoms with Crippen LogP contribution in [0.25, 0.3) is 0 Å². The van der Waals surface area contributed by atoms with Crippen LogP contribution >= 0.6 is 0 Å². The van der Waals surface area contributed by atoms with Crippen molar-refractivity contribution in [1.82, 2.24) is 9.78 Å². The van der Waals surface area contributed by atoms with Crippen LogP contribution in [-0.4, -0.2) is 9.78 Å². The second-order valence-electron chi connectivity index (χ2n) is 2.18. The molecule has 0 fully saturated rings. The minimum atomic E-state index is -0.533. The predicted octanol–water partition coefficient (Wildman–Crippen LogP) is 1.30. The van der Waals surface area contributed by atoms with Crippen molar-refractivity contribution in [3.8, 4) is 6.07 Å². The fourth-order valence-corrected chi connectivity index (χ4v) is 0.813. The molecule has 0 bridgehead atoms. The molecule has 0 amide bonds. The van der Waals surface area contributed by atoms with Gasteiger partial charge in [-0.15, -0.1) is 0 Å². The van der Waals surface area contributed by atoms with Gasteiger partial charge < -0.3 is 0 Å². The van der Waals surface area contributed by atoms with Crippen LogP contribution < -0.4 is 0 Å². The molecule has 0 aliphatic heterocycles. The van der Waals surface area contributed by atoms with Crippen molar-refractivity contribution in [1.29, 1.82) is 5.26 Å². The number of nitriles is 1. The van der Waals surface area contributed by atoms with Crippen molar-refractivity contribution in [2.45, 2.75) is 19.9 Å². The number of hydrogen-bond donors (Lipinski definition) is 0. The summed E-state index contributed by atoms with van der Waals surface area (Å²) in [5.41, 5.74) is 0.0125. The minimum Gasteiger partial charge on any atom is -0.238 e. The van der Waals surface area contributed by atoms with Gasteiger partial charge in [-0.1, -0.05) is 6.92 Å². The smallest absolute Gasteiger partial charge is 0.229 e. The molecule has 0 saturated heterocycles. The normalized spacial score (nSPS) is 9.55. The lowest BCUT2D eigenvalue weighted by Gasteiger charge is -1.96. The van der Waals surface area contributed by atoms with Gasteiger partial charge in [0.15, 0.2) is 0 Å². The Labute approximate surface area is 64.1 Å². The molecular weight excluding hydrogens is 145 g/mol. The molecule has 0 unspecified atom stereocenters. The predicted molar refractivity (Wildman–Crippen MR) is 37.2 cm³/mol. The van der Waals surface area contributed by atoms with E-state index in [2.05, 4.69) is 5.10 Å². The zero-order chi connectivity index (χ0) is 8.27. The largest absolute Gasteiger partial charge is 0.238 e. The Morgan fingerprint density at radius 3 is 3.00 bits per heavy atom. The molecule has 0 saturated carbocycles. The maximum absolute atomic E-state index is 12.9. The minimum absolute atomic E-state index is 0.0125. The van der Waals surface area contributed by atoms with E-state index >= 15 is 0 Å². The molecule has 0 aliphatic rings. The van der Waals surface area contributed by atoms with Gasteiger partial charge in [0.1, 0.15) is 11.6 Å². The van der Waals surface area contributed by atoms with E-state index in [0.29, 0.717) is 6.54 Å². The number of aryl methyl sites for hydroxylation is 1. The highest BCUT2D eigenvalue weighted by Crippen LogP contribution is 2.04. The van der Waals surface area contributed by atoms with Gasteiger partial charge in [-0.05, 0) is 6.42 Å². The van der Waals surface area contributed by atoms with Gasteiger partial charge in [0.05, 0.1) is 6.20 Å². The van der Waals surface area contributed by atoms with Gasteiger partial charge in [0.25, 0.3) is 0 Å². The molecule has 1 rings (SSSR count). The van der Waals surface area contributed by atoms with Gasteiger partial charge in [0, 0.05) is 6.54 Å². The molecule has 1 aromatic rings. The first-order chi connectivity index (χ1) is 5.29. The molecular formula is C7H8FN3. The van der Waals surface area contributed by atoms with Crippen LogP contribution in [0.2, 0.25) is 0 Å². The maximum atomic E-state index is 12.9. The van der Waals surface area contributed by atoms with Crippen molar-refractivity contribution < 1.29 is 4.39 Å². The standard InChI is InChI=1S/C7H8FN3/c1-2-3-11-7(8)6(4-9)5-10-11/h5H,2-3H2,1H3. The lowest BCUT2D eigenvalue weighted by molar-refractivity contribution is 0.451. The van der Waals surface area contributed by atoms with Crippen molar-refractivity contribution >= 4 is 0 Å². The first-order valence-electron chi connectivity index (χ1n) is 3.41. The van der Waals surface area contributed by atoms with Crippen LogP contribution in [0, 0.1) is 17.3 Å². The van der Waals surface area contributed by atoms with Gasteiger partial charge in [-0.25, -0.2) is 4.68 Å². The van der Waals surface area contributed by atoms with Gasteiger partial charge in [-0.3, -0.25) is 0 Å². The summed E-state index contributed by atoms with van der Waals surface area (Å²) in [4.78, 5) is 0. The summed E-state index contributed by atoms with van der Waals surface area (Å²) in [6, 6.07) is 1.72. The summed E-state index contributed by atoms with van der Waals surface area (Å²) in [5.74, 6) is -0.533. The molecule has 58 valence electrons. The molecule has 0 aromatic carbocycles. The van der Waals surface area contributed by atoms with E-state index in [9.17, 15) is 4.39 Å². The van der Waals surface area contributed by atoms with Gasteiger partial charge in [-0.2, -0.15) is 14.8 Å². The molecule has 0 atom stereocenters. The highest BCUT2D eigenvalue weighted by Gasteiger charge is 2.07. The zero-order valence-electron chi connectivity index (χ0n) is 6.21. The molecule has 1 heterocycles. The van der Waals surface area contributed by atoms with E-state index < -0.39 is 5.95 Å². The first-order valence-corrected chi connectivity index (χ1v) is 3.41. The van der Waals surface area contributed by atoms with Crippen LogP contribution in [0.15, 0.2) is 6.20 Å². The Kier molecular flexibility index (Phi) is 2.21. The Morgan fingerprint density at radius 1 is 1.82 bits per heavy atom. The third-order valence-electron chi connectivity index (χ3n) is 1.33. The van der Waals surface area contributed by atoms with Crippen LogP contribution in [0.3, 0.4) is 0 Å². The maximum Gasteiger partial charge on any atom is 0.229 e. The van der Waals surface area contributed by atoms with Crippen molar-refractivity contribution in [3.63, 3.8) is 0 Å². The van der Waals surface area contributed by atoms with Crippen molar-refractivity contribution in [2.24, 2.45) is 0 Å². The Balaban J connectivity index is 2.93.